The van der Waals surface area contributed by atoms with Crippen LogP contribution in [0.15, 0.2) is 0 Å². The third-order valence-electron chi connectivity index (χ3n) is 2.77. The summed E-state index contributed by atoms with van der Waals surface area (Å²) in [5, 5.41) is 0. The maximum absolute atomic E-state index is 11.6. The lowest BCUT2D eigenvalue weighted by molar-refractivity contribution is -0.0136. The molecule has 2 aliphatic heterocycles. The summed E-state index contributed by atoms with van der Waals surface area (Å²) in [6, 6.07) is 0.205. The average molecular weight is 199 g/mol. The van der Waals surface area contributed by atoms with E-state index in [1.807, 2.05) is 25.7 Å². The van der Waals surface area contributed by atoms with E-state index >= 15 is 0 Å². The maximum atomic E-state index is 11.6. The van der Waals surface area contributed by atoms with Crippen LogP contribution in [0.25, 0.3) is 0 Å². The Bertz CT molecular complexity index is 246. The fourth-order valence-electron chi connectivity index (χ4n) is 2.20. The van der Waals surface area contributed by atoms with Gasteiger partial charge in [0.2, 0.25) is 0 Å². The van der Waals surface area contributed by atoms with E-state index in [1.165, 1.54) is 0 Å². The summed E-state index contributed by atoms with van der Waals surface area (Å²) in [5.74, 6) is 0. The number of hydrogen-bond acceptors (Lipinski definition) is 3. The molecule has 0 aliphatic carbocycles. The number of ether oxygens (including phenoxy) is 2. The second-order valence-corrected chi connectivity index (χ2v) is 4.89. The second kappa shape index (κ2) is 3.12. The number of carbonyl (C=O) groups is 1. The van der Waals surface area contributed by atoms with Crippen LogP contribution in [-0.2, 0) is 9.47 Å². The molecule has 4 heteroatoms. The minimum atomic E-state index is -0.196. The number of carbonyl (C=O) groups excluding carboxylic acids is 1. The van der Waals surface area contributed by atoms with Gasteiger partial charge in [-0.1, -0.05) is 0 Å². The first-order valence-corrected chi connectivity index (χ1v) is 5.08. The minimum Gasteiger partial charge on any atom is -0.441 e. The lowest BCUT2D eigenvalue weighted by atomic mass is 9.99. The standard InChI is InChI=1S/C10H17NO3/c1-10(2,3)11-7-4-5-13-6-8(7)14-9(11)12/h7-8H,4-6H2,1-3H3. The normalized spacial score (nSPS) is 32.8. The van der Waals surface area contributed by atoms with Crippen molar-refractivity contribution in [3.63, 3.8) is 0 Å². The highest BCUT2D eigenvalue weighted by atomic mass is 16.6. The summed E-state index contributed by atoms with van der Waals surface area (Å²) in [6.07, 6.45) is 0.627. The van der Waals surface area contributed by atoms with Crippen molar-refractivity contribution >= 4 is 6.09 Å². The monoisotopic (exact) mass is 199 g/mol. The molecule has 0 aromatic heterocycles. The van der Waals surface area contributed by atoms with Gasteiger partial charge in [0.1, 0.15) is 6.10 Å². The molecule has 0 spiro atoms. The van der Waals surface area contributed by atoms with Crippen LogP contribution in [0.5, 0.6) is 0 Å². The molecule has 0 aromatic carbocycles. The summed E-state index contributed by atoms with van der Waals surface area (Å²) < 4.78 is 10.6. The molecule has 0 radical (unpaired) electrons. The van der Waals surface area contributed by atoms with Crippen LogP contribution < -0.4 is 0 Å². The van der Waals surface area contributed by atoms with Crippen LogP contribution in [0.3, 0.4) is 0 Å². The van der Waals surface area contributed by atoms with Crippen molar-refractivity contribution in [3.05, 3.63) is 0 Å². The van der Waals surface area contributed by atoms with Gasteiger partial charge in [-0.25, -0.2) is 4.79 Å². The first-order chi connectivity index (χ1) is 6.50. The van der Waals surface area contributed by atoms with Crippen LogP contribution in [0.4, 0.5) is 4.79 Å². The zero-order valence-corrected chi connectivity index (χ0v) is 8.95. The topological polar surface area (TPSA) is 38.8 Å². The average Bonchev–Trinajstić information content (AvgIpc) is 2.38. The summed E-state index contributed by atoms with van der Waals surface area (Å²) >= 11 is 0. The molecule has 2 saturated heterocycles. The lowest BCUT2D eigenvalue weighted by Gasteiger charge is -2.36. The molecule has 2 heterocycles. The summed E-state index contributed by atoms with van der Waals surface area (Å²) in [6.45, 7) is 7.37. The highest BCUT2D eigenvalue weighted by molar-refractivity contribution is 5.71. The Labute approximate surface area is 84.2 Å². The van der Waals surface area contributed by atoms with E-state index in [-0.39, 0.29) is 23.8 Å². The Hall–Kier alpha value is -0.770. The number of rotatable bonds is 0. The van der Waals surface area contributed by atoms with Gasteiger partial charge in [-0.3, -0.25) is 4.90 Å². The number of amides is 1. The van der Waals surface area contributed by atoms with Crippen LogP contribution in [-0.4, -0.2) is 41.9 Å². The van der Waals surface area contributed by atoms with Crippen LogP contribution in [0.2, 0.25) is 0 Å². The van der Waals surface area contributed by atoms with Crippen molar-refractivity contribution in [3.8, 4) is 0 Å². The Morgan fingerprint density at radius 3 is 2.79 bits per heavy atom. The fraction of sp³-hybridized carbons (Fsp3) is 0.900. The van der Waals surface area contributed by atoms with Crippen molar-refractivity contribution in [2.24, 2.45) is 0 Å². The molecule has 0 saturated carbocycles. The van der Waals surface area contributed by atoms with E-state index in [4.69, 9.17) is 9.47 Å². The minimum absolute atomic E-state index is 0.0597. The van der Waals surface area contributed by atoms with E-state index in [1.54, 1.807) is 0 Å². The van der Waals surface area contributed by atoms with Gasteiger partial charge < -0.3 is 9.47 Å². The Morgan fingerprint density at radius 2 is 2.14 bits per heavy atom. The highest BCUT2D eigenvalue weighted by Gasteiger charge is 2.47. The van der Waals surface area contributed by atoms with Crippen molar-refractivity contribution in [2.45, 2.75) is 44.9 Å². The third kappa shape index (κ3) is 1.47. The summed E-state index contributed by atoms with van der Waals surface area (Å²) in [4.78, 5) is 13.5. The Morgan fingerprint density at radius 1 is 1.43 bits per heavy atom. The molecular formula is C10H17NO3. The van der Waals surface area contributed by atoms with Gasteiger partial charge in [0.05, 0.1) is 12.6 Å². The fourth-order valence-corrected chi connectivity index (χ4v) is 2.20. The molecule has 14 heavy (non-hydrogen) atoms. The number of fused-ring (bicyclic) bond motifs is 1. The smallest absolute Gasteiger partial charge is 0.411 e. The van der Waals surface area contributed by atoms with E-state index in [2.05, 4.69) is 0 Å². The largest absolute Gasteiger partial charge is 0.441 e. The molecule has 0 bridgehead atoms. The Kier molecular flexibility index (Phi) is 2.18. The third-order valence-corrected chi connectivity index (χ3v) is 2.77. The van der Waals surface area contributed by atoms with Gasteiger partial charge in [-0.2, -0.15) is 0 Å². The van der Waals surface area contributed by atoms with Crippen LogP contribution >= 0.6 is 0 Å². The predicted octanol–water partition coefficient (Wildman–Crippen LogP) is 1.39. The van der Waals surface area contributed by atoms with E-state index < -0.39 is 0 Å². The van der Waals surface area contributed by atoms with Gasteiger partial charge >= 0.3 is 6.09 Å². The molecule has 2 atom stereocenters. The van der Waals surface area contributed by atoms with E-state index in [0.29, 0.717) is 6.61 Å². The zero-order valence-electron chi connectivity index (χ0n) is 8.95. The number of hydrogen-bond donors (Lipinski definition) is 0. The highest BCUT2D eigenvalue weighted by Crippen LogP contribution is 2.31. The van der Waals surface area contributed by atoms with Crippen molar-refractivity contribution < 1.29 is 14.3 Å². The molecule has 2 unspecified atom stereocenters. The lowest BCUT2D eigenvalue weighted by Crippen LogP contribution is -2.50. The van der Waals surface area contributed by atoms with Crippen molar-refractivity contribution in [1.82, 2.24) is 4.90 Å². The molecule has 1 amide bonds. The molecule has 80 valence electrons. The molecule has 4 nitrogen and oxygen atoms in total. The molecule has 2 rings (SSSR count). The first kappa shape index (κ1) is 9.77. The molecule has 0 N–H and O–H groups in total. The van der Waals surface area contributed by atoms with Gasteiger partial charge in [0.25, 0.3) is 0 Å². The van der Waals surface area contributed by atoms with Crippen LogP contribution in [0.1, 0.15) is 27.2 Å². The molecule has 0 aromatic rings. The van der Waals surface area contributed by atoms with Gasteiger partial charge in [-0.15, -0.1) is 0 Å². The summed E-state index contributed by atoms with van der Waals surface area (Å²) in [5.41, 5.74) is -0.159. The van der Waals surface area contributed by atoms with Gasteiger partial charge in [-0.05, 0) is 27.2 Å². The van der Waals surface area contributed by atoms with Crippen molar-refractivity contribution in [1.29, 1.82) is 0 Å². The van der Waals surface area contributed by atoms with Gasteiger partial charge in [0.15, 0.2) is 0 Å². The Balaban J connectivity index is 2.20. The van der Waals surface area contributed by atoms with Crippen molar-refractivity contribution in [2.75, 3.05) is 13.2 Å². The second-order valence-electron chi connectivity index (χ2n) is 4.89. The summed E-state index contributed by atoms with van der Waals surface area (Å²) in [7, 11) is 0. The zero-order chi connectivity index (χ0) is 10.3. The molecule has 2 fully saturated rings. The predicted molar refractivity (Wildman–Crippen MR) is 51.1 cm³/mol. The SMILES string of the molecule is CC(C)(C)N1C(=O)OC2COCCC21. The maximum Gasteiger partial charge on any atom is 0.411 e. The molecular weight excluding hydrogens is 182 g/mol. The first-order valence-electron chi connectivity index (χ1n) is 5.08. The van der Waals surface area contributed by atoms with E-state index in [9.17, 15) is 4.79 Å². The van der Waals surface area contributed by atoms with E-state index in [0.717, 1.165) is 13.0 Å². The molecule has 2 aliphatic rings. The van der Waals surface area contributed by atoms with Gasteiger partial charge in [0, 0.05) is 12.1 Å². The quantitative estimate of drug-likeness (QED) is 0.592. The van der Waals surface area contributed by atoms with Crippen LogP contribution in [0, 0.1) is 0 Å². The number of nitrogens with zero attached hydrogens (tertiary/aromatic N) is 1.